The molecule has 2 aromatic rings. The van der Waals surface area contributed by atoms with Crippen LogP contribution in [-0.2, 0) is 25.8 Å². The highest BCUT2D eigenvalue weighted by Gasteiger charge is 2.28. The number of carbonyl (C=O) groups is 1. The van der Waals surface area contributed by atoms with E-state index < -0.39 is 10.4 Å². The second-order valence-electron chi connectivity index (χ2n) is 5.56. The molecule has 8 heteroatoms. The van der Waals surface area contributed by atoms with Crippen molar-refractivity contribution >= 4 is 55.2 Å². The summed E-state index contributed by atoms with van der Waals surface area (Å²) in [5.41, 5.74) is 2.66. The van der Waals surface area contributed by atoms with Crippen molar-refractivity contribution in [2.24, 2.45) is 0 Å². The lowest BCUT2D eigenvalue weighted by molar-refractivity contribution is -0.116. The summed E-state index contributed by atoms with van der Waals surface area (Å²) in [7, 11) is -3.87. The summed E-state index contributed by atoms with van der Waals surface area (Å²) in [4.78, 5) is 11.5. The smallest absolute Gasteiger partial charge is 0.224 e. The molecule has 1 unspecified atom stereocenters. The molecule has 24 heavy (non-hydrogen) atoms. The number of aryl methyl sites for hydroxylation is 2. The molecule has 0 bridgehead atoms. The van der Waals surface area contributed by atoms with Crippen molar-refractivity contribution in [3.63, 3.8) is 0 Å². The van der Waals surface area contributed by atoms with Crippen molar-refractivity contribution in [1.82, 2.24) is 0 Å². The minimum atomic E-state index is -3.87. The third-order valence-electron chi connectivity index (χ3n) is 3.75. The number of sulfonamides is 1. The lowest BCUT2D eigenvalue weighted by Crippen LogP contribution is -2.24. The predicted octanol–water partition coefficient (Wildman–Crippen LogP) is 4.31. The Labute approximate surface area is 154 Å². The average molecular weight is 430 g/mol. The first-order valence-corrected chi connectivity index (χ1v) is 9.83. The van der Waals surface area contributed by atoms with Crippen LogP contribution in [0.25, 0.3) is 0 Å². The van der Waals surface area contributed by atoms with E-state index in [1.165, 1.54) is 6.07 Å². The molecule has 0 aromatic heterocycles. The lowest BCUT2D eigenvalue weighted by atomic mass is 10.0. The first-order chi connectivity index (χ1) is 11.3. The van der Waals surface area contributed by atoms with Crippen LogP contribution in [0.15, 0.2) is 39.7 Å². The number of hydrogen-bond donors (Lipinski definition) is 2. The van der Waals surface area contributed by atoms with Crippen LogP contribution in [0.5, 0.6) is 0 Å². The number of amides is 1. The summed E-state index contributed by atoms with van der Waals surface area (Å²) >= 11 is 9.54. The van der Waals surface area contributed by atoms with E-state index in [0.29, 0.717) is 24.2 Å². The Hall–Kier alpha value is -1.41. The first-order valence-electron chi connectivity index (χ1n) is 7.17. The SMILES string of the molecule is Cc1cc(N[S+](=O)([O-])c2cc3c(cc2Cl)CCC(=O)N3)ccc1Br. The highest BCUT2D eigenvalue weighted by molar-refractivity contribution is 9.10. The van der Waals surface area contributed by atoms with Gasteiger partial charge in [-0.05, 0) is 48.7 Å². The van der Waals surface area contributed by atoms with E-state index in [1.54, 1.807) is 24.3 Å². The number of hydrogen-bond acceptors (Lipinski definition) is 3. The molecular formula is C16H14BrClN2O3S. The number of carbonyl (C=O) groups excluding carboxylic acids is 1. The zero-order valence-electron chi connectivity index (χ0n) is 12.7. The van der Waals surface area contributed by atoms with Gasteiger partial charge in [-0.2, -0.15) is 0 Å². The molecule has 0 aliphatic carbocycles. The Kier molecular flexibility index (Phi) is 4.70. The van der Waals surface area contributed by atoms with Crippen molar-refractivity contribution in [3.8, 4) is 0 Å². The van der Waals surface area contributed by atoms with Crippen LogP contribution in [0.3, 0.4) is 0 Å². The van der Waals surface area contributed by atoms with Gasteiger partial charge in [-0.3, -0.25) is 4.79 Å². The number of fused-ring (bicyclic) bond motifs is 1. The van der Waals surface area contributed by atoms with Gasteiger partial charge < -0.3 is 9.87 Å². The van der Waals surface area contributed by atoms with Gasteiger partial charge in [-0.1, -0.05) is 31.7 Å². The summed E-state index contributed by atoms with van der Waals surface area (Å²) < 4.78 is 28.7. The van der Waals surface area contributed by atoms with Crippen molar-refractivity contribution in [1.29, 1.82) is 0 Å². The van der Waals surface area contributed by atoms with E-state index >= 15 is 0 Å². The van der Waals surface area contributed by atoms with Crippen LogP contribution in [0, 0.1) is 6.92 Å². The minimum absolute atomic E-state index is 0.0642. The molecule has 126 valence electrons. The van der Waals surface area contributed by atoms with E-state index in [0.717, 1.165) is 15.6 Å². The van der Waals surface area contributed by atoms with Gasteiger partial charge in [0.25, 0.3) is 0 Å². The zero-order chi connectivity index (χ0) is 17.5. The van der Waals surface area contributed by atoms with Crippen LogP contribution in [0.2, 0.25) is 5.02 Å². The number of benzene rings is 2. The van der Waals surface area contributed by atoms with Crippen LogP contribution in [0.1, 0.15) is 17.5 Å². The van der Waals surface area contributed by atoms with Crippen LogP contribution in [-0.4, -0.2) is 10.5 Å². The van der Waals surface area contributed by atoms with Crippen LogP contribution in [0.4, 0.5) is 11.4 Å². The van der Waals surface area contributed by atoms with E-state index in [9.17, 15) is 13.6 Å². The van der Waals surface area contributed by atoms with Gasteiger partial charge in [0.2, 0.25) is 10.8 Å². The summed E-state index contributed by atoms with van der Waals surface area (Å²) in [6.07, 6.45) is 0.909. The van der Waals surface area contributed by atoms with Gasteiger partial charge in [0.05, 0.1) is 10.7 Å². The average Bonchev–Trinajstić information content (AvgIpc) is 2.50. The summed E-state index contributed by atoms with van der Waals surface area (Å²) in [6, 6.07) is 8.14. The zero-order valence-corrected chi connectivity index (χ0v) is 15.8. The van der Waals surface area contributed by atoms with Crippen LogP contribution >= 0.6 is 27.5 Å². The highest BCUT2D eigenvalue weighted by Crippen LogP contribution is 2.35. The second-order valence-corrected chi connectivity index (χ2v) is 8.47. The Morgan fingerprint density at radius 1 is 1.29 bits per heavy atom. The standard InChI is InChI=1S/C16H14BrClN2O3S/c1-9-6-11(3-4-12(9)17)20-24(22,23)15-8-14-10(7-13(15)18)2-5-16(21)19-14/h3-4,6-8H,2,5H2,1H3,(H2-,19,20,21,22,23). The fourth-order valence-corrected chi connectivity index (χ4v) is 4.38. The first kappa shape index (κ1) is 17.4. The Balaban J connectivity index is 1.97. The largest absolute Gasteiger partial charge is 0.588 e. The summed E-state index contributed by atoms with van der Waals surface area (Å²) in [5, 5.41) is 2.81. The Morgan fingerprint density at radius 2 is 2.04 bits per heavy atom. The van der Waals surface area contributed by atoms with Gasteiger partial charge in [0.15, 0.2) is 10.4 Å². The molecule has 2 aromatic carbocycles. The molecule has 1 aliphatic heterocycles. The molecule has 3 rings (SSSR count). The Bertz CT molecular complexity index is 888. The van der Waals surface area contributed by atoms with E-state index in [4.69, 9.17) is 11.6 Å². The number of halogens is 2. The molecule has 0 saturated heterocycles. The maximum atomic E-state index is 12.7. The number of nitrogens with one attached hydrogen (secondary N) is 2. The highest BCUT2D eigenvalue weighted by atomic mass is 79.9. The monoisotopic (exact) mass is 428 g/mol. The third kappa shape index (κ3) is 3.49. The third-order valence-corrected chi connectivity index (χ3v) is 6.49. The molecule has 0 fully saturated rings. The second kappa shape index (κ2) is 6.48. The lowest BCUT2D eigenvalue weighted by Gasteiger charge is -2.21. The molecular weight excluding hydrogens is 416 g/mol. The Morgan fingerprint density at radius 3 is 2.75 bits per heavy atom. The van der Waals surface area contributed by atoms with E-state index in [1.807, 2.05) is 6.92 Å². The molecule has 0 saturated carbocycles. The van der Waals surface area contributed by atoms with E-state index in [2.05, 4.69) is 26.0 Å². The van der Waals surface area contributed by atoms with Gasteiger partial charge in [0.1, 0.15) is 0 Å². The molecule has 1 aliphatic rings. The summed E-state index contributed by atoms with van der Waals surface area (Å²) in [6.45, 7) is 1.86. The molecule has 2 N–H and O–H groups in total. The molecule has 5 nitrogen and oxygen atoms in total. The fraction of sp³-hybridized carbons (Fsp3) is 0.188. The van der Waals surface area contributed by atoms with Gasteiger partial charge in [-0.25, -0.2) is 4.72 Å². The predicted molar refractivity (Wildman–Crippen MR) is 98.0 cm³/mol. The molecule has 1 heterocycles. The quantitative estimate of drug-likeness (QED) is 0.713. The van der Waals surface area contributed by atoms with Gasteiger partial charge >= 0.3 is 0 Å². The fourth-order valence-electron chi connectivity index (χ4n) is 2.50. The normalized spacial score (nSPS) is 16.1. The van der Waals surface area contributed by atoms with Gasteiger partial charge in [-0.15, -0.1) is 0 Å². The molecule has 0 spiro atoms. The van der Waals surface area contributed by atoms with Crippen molar-refractivity contribution in [2.75, 3.05) is 10.0 Å². The molecule has 0 radical (unpaired) electrons. The number of rotatable bonds is 3. The molecule has 1 atom stereocenters. The maximum Gasteiger partial charge on any atom is 0.224 e. The van der Waals surface area contributed by atoms with Crippen LogP contribution < -0.4 is 10.0 Å². The molecule has 1 amide bonds. The summed E-state index contributed by atoms with van der Waals surface area (Å²) in [5.74, 6) is -0.135. The van der Waals surface area contributed by atoms with E-state index in [-0.39, 0.29) is 15.8 Å². The maximum absolute atomic E-state index is 12.7. The van der Waals surface area contributed by atoms with Crippen molar-refractivity contribution in [3.05, 3.63) is 51.0 Å². The van der Waals surface area contributed by atoms with Gasteiger partial charge in [0, 0.05) is 22.6 Å². The van der Waals surface area contributed by atoms with Crippen molar-refractivity contribution in [2.45, 2.75) is 24.7 Å². The van der Waals surface area contributed by atoms with Crippen molar-refractivity contribution < 1.29 is 13.6 Å². The number of anilines is 2. The minimum Gasteiger partial charge on any atom is -0.588 e. The topological polar surface area (TPSA) is 81.3 Å².